The standard InChI is InChI=1S/C15H26N2O3/c1-3-6-15(7-4-8-16-15)14(20)17-9-5-11(2)10-12(17)13(18)19/h11-12,16H,3-10H2,1-2H3,(H,18,19). The number of carboxylic acids is 1. The highest BCUT2D eigenvalue weighted by atomic mass is 16.4. The lowest BCUT2D eigenvalue weighted by molar-refractivity contribution is -0.156. The van der Waals surface area contributed by atoms with Gasteiger partial charge in [0.2, 0.25) is 5.91 Å². The first kappa shape index (κ1) is 15.3. The predicted molar refractivity (Wildman–Crippen MR) is 76.4 cm³/mol. The second-order valence-electron chi connectivity index (χ2n) is 6.34. The zero-order chi connectivity index (χ0) is 14.8. The van der Waals surface area contributed by atoms with Gasteiger partial charge < -0.3 is 15.3 Å². The van der Waals surface area contributed by atoms with Crippen LogP contribution in [0.15, 0.2) is 0 Å². The van der Waals surface area contributed by atoms with Gasteiger partial charge in [-0.15, -0.1) is 0 Å². The minimum Gasteiger partial charge on any atom is -0.480 e. The van der Waals surface area contributed by atoms with E-state index in [1.165, 1.54) is 0 Å². The molecule has 2 saturated heterocycles. The minimum absolute atomic E-state index is 0.0103. The summed E-state index contributed by atoms with van der Waals surface area (Å²) in [5.41, 5.74) is -0.511. The number of piperidine rings is 1. The fourth-order valence-corrected chi connectivity index (χ4v) is 3.63. The van der Waals surface area contributed by atoms with Gasteiger partial charge in [-0.1, -0.05) is 20.3 Å². The zero-order valence-corrected chi connectivity index (χ0v) is 12.5. The molecule has 0 bridgehead atoms. The molecule has 114 valence electrons. The maximum atomic E-state index is 12.9. The molecule has 0 aliphatic carbocycles. The van der Waals surface area contributed by atoms with Gasteiger partial charge in [-0.3, -0.25) is 4.79 Å². The molecule has 0 aromatic rings. The molecule has 2 heterocycles. The van der Waals surface area contributed by atoms with Crippen LogP contribution in [0.25, 0.3) is 0 Å². The molecular weight excluding hydrogens is 256 g/mol. The maximum Gasteiger partial charge on any atom is 0.326 e. The van der Waals surface area contributed by atoms with E-state index in [-0.39, 0.29) is 5.91 Å². The average Bonchev–Trinajstić information content (AvgIpc) is 2.88. The number of nitrogens with one attached hydrogen (secondary N) is 1. The summed E-state index contributed by atoms with van der Waals surface area (Å²) in [4.78, 5) is 26.0. The Morgan fingerprint density at radius 2 is 2.20 bits per heavy atom. The van der Waals surface area contributed by atoms with Gasteiger partial charge in [0.25, 0.3) is 0 Å². The Kier molecular flexibility index (Phi) is 4.68. The first-order valence-corrected chi connectivity index (χ1v) is 7.79. The third kappa shape index (κ3) is 2.82. The normalized spacial score (nSPS) is 34.2. The van der Waals surface area contributed by atoms with Crippen LogP contribution in [-0.2, 0) is 9.59 Å². The topological polar surface area (TPSA) is 69.6 Å². The van der Waals surface area contributed by atoms with Crippen LogP contribution in [-0.4, -0.2) is 46.6 Å². The first-order valence-electron chi connectivity index (χ1n) is 7.79. The van der Waals surface area contributed by atoms with Gasteiger partial charge >= 0.3 is 5.97 Å². The van der Waals surface area contributed by atoms with Crippen molar-refractivity contribution in [2.75, 3.05) is 13.1 Å². The highest BCUT2D eigenvalue weighted by molar-refractivity contribution is 5.90. The molecule has 2 rings (SSSR count). The molecule has 2 aliphatic heterocycles. The Hall–Kier alpha value is -1.10. The minimum atomic E-state index is -0.866. The molecule has 0 aromatic heterocycles. The molecule has 0 spiro atoms. The number of carbonyl (C=O) groups excluding carboxylic acids is 1. The van der Waals surface area contributed by atoms with E-state index in [1.54, 1.807) is 4.90 Å². The van der Waals surface area contributed by atoms with E-state index in [1.807, 2.05) is 0 Å². The summed E-state index contributed by atoms with van der Waals surface area (Å²) >= 11 is 0. The number of amides is 1. The van der Waals surface area contributed by atoms with Gasteiger partial charge in [0, 0.05) is 6.54 Å². The Labute approximate surface area is 120 Å². The number of likely N-dealkylation sites (tertiary alicyclic amines) is 1. The van der Waals surface area contributed by atoms with Crippen molar-refractivity contribution in [3.63, 3.8) is 0 Å². The van der Waals surface area contributed by atoms with Crippen molar-refractivity contribution < 1.29 is 14.7 Å². The summed E-state index contributed by atoms with van der Waals surface area (Å²) in [6.45, 7) is 5.56. The summed E-state index contributed by atoms with van der Waals surface area (Å²) in [7, 11) is 0. The van der Waals surface area contributed by atoms with Crippen LogP contribution in [0.3, 0.4) is 0 Å². The van der Waals surface area contributed by atoms with Gasteiger partial charge in [-0.2, -0.15) is 0 Å². The summed E-state index contributed by atoms with van der Waals surface area (Å²) in [6, 6.07) is -0.651. The molecule has 1 amide bonds. The SMILES string of the molecule is CCCC1(C(=O)N2CCC(C)CC2C(=O)O)CCCN1. The lowest BCUT2D eigenvalue weighted by atomic mass is 9.86. The monoisotopic (exact) mass is 282 g/mol. The second kappa shape index (κ2) is 6.12. The number of carbonyl (C=O) groups is 2. The molecule has 5 heteroatoms. The number of rotatable bonds is 4. The van der Waals surface area contributed by atoms with Crippen molar-refractivity contribution >= 4 is 11.9 Å². The fourth-order valence-electron chi connectivity index (χ4n) is 3.63. The first-order chi connectivity index (χ1) is 9.50. The summed E-state index contributed by atoms with van der Waals surface area (Å²) in [5, 5.41) is 12.8. The number of carboxylic acid groups (broad SMARTS) is 1. The molecule has 0 aromatic carbocycles. The van der Waals surface area contributed by atoms with Crippen LogP contribution in [0.5, 0.6) is 0 Å². The van der Waals surface area contributed by atoms with Crippen LogP contribution in [0.4, 0.5) is 0 Å². The Morgan fingerprint density at radius 3 is 2.75 bits per heavy atom. The molecule has 3 unspecified atom stereocenters. The summed E-state index contributed by atoms with van der Waals surface area (Å²) in [5.74, 6) is -0.482. The van der Waals surface area contributed by atoms with Crippen molar-refractivity contribution in [2.24, 2.45) is 5.92 Å². The van der Waals surface area contributed by atoms with E-state index in [2.05, 4.69) is 19.2 Å². The summed E-state index contributed by atoms with van der Waals surface area (Å²) in [6.07, 6.45) is 5.03. The van der Waals surface area contributed by atoms with E-state index < -0.39 is 17.6 Å². The average molecular weight is 282 g/mol. The highest BCUT2D eigenvalue weighted by Crippen LogP contribution is 2.31. The zero-order valence-electron chi connectivity index (χ0n) is 12.5. The molecule has 20 heavy (non-hydrogen) atoms. The number of hydrogen-bond donors (Lipinski definition) is 2. The van der Waals surface area contributed by atoms with Crippen LogP contribution in [0.2, 0.25) is 0 Å². The second-order valence-corrected chi connectivity index (χ2v) is 6.34. The third-order valence-electron chi connectivity index (χ3n) is 4.74. The van der Waals surface area contributed by atoms with Crippen molar-refractivity contribution in [3.8, 4) is 0 Å². The number of nitrogens with zero attached hydrogens (tertiary/aromatic N) is 1. The van der Waals surface area contributed by atoms with Gasteiger partial charge in [0.15, 0.2) is 0 Å². The van der Waals surface area contributed by atoms with Crippen LogP contribution in [0.1, 0.15) is 52.4 Å². The largest absolute Gasteiger partial charge is 0.480 e. The number of hydrogen-bond acceptors (Lipinski definition) is 3. The highest BCUT2D eigenvalue weighted by Gasteiger charge is 2.46. The van der Waals surface area contributed by atoms with Crippen LogP contribution < -0.4 is 5.32 Å². The van der Waals surface area contributed by atoms with Gasteiger partial charge in [0.1, 0.15) is 6.04 Å². The predicted octanol–water partition coefficient (Wildman–Crippen LogP) is 1.62. The van der Waals surface area contributed by atoms with E-state index in [0.29, 0.717) is 18.9 Å². The molecule has 3 atom stereocenters. The van der Waals surface area contributed by atoms with Gasteiger partial charge in [-0.05, 0) is 44.6 Å². The molecule has 2 fully saturated rings. The van der Waals surface area contributed by atoms with E-state index >= 15 is 0 Å². The Balaban J connectivity index is 2.18. The molecule has 5 nitrogen and oxygen atoms in total. The quantitative estimate of drug-likeness (QED) is 0.822. The van der Waals surface area contributed by atoms with Crippen LogP contribution in [0, 0.1) is 5.92 Å². The van der Waals surface area contributed by atoms with E-state index in [4.69, 9.17) is 0 Å². The Morgan fingerprint density at radius 1 is 1.45 bits per heavy atom. The van der Waals surface area contributed by atoms with Gasteiger partial charge in [0.05, 0.1) is 5.54 Å². The lowest BCUT2D eigenvalue weighted by Crippen LogP contribution is -2.60. The van der Waals surface area contributed by atoms with Crippen molar-refractivity contribution in [2.45, 2.75) is 64.0 Å². The van der Waals surface area contributed by atoms with E-state index in [9.17, 15) is 14.7 Å². The molecule has 2 N–H and O–H groups in total. The van der Waals surface area contributed by atoms with Crippen molar-refractivity contribution in [1.29, 1.82) is 0 Å². The molecule has 2 aliphatic rings. The molecule has 0 radical (unpaired) electrons. The third-order valence-corrected chi connectivity index (χ3v) is 4.74. The maximum absolute atomic E-state index is 12.9. The number of aliphatic carboxylic acids is 1. The van der Waals surface area contributed by atoms with E-state index in [0.717, 1.165) is 38.6 Å². The fraction of sp³-hybridized carbons (Fsp3) is 0.867. The smallest absolute Gasteiger partial charge is 0.326 e. The van der Waals surface area contributed by atoms with Gasteiger partial charge in [-0.25, -0.2) is 4.79 Å². The molecular formula is C15H26N2O3. The lowest BCUT2D eigenvalue weighted by Gasteiger charge is -2.41. The van der Waals surface area contributed by atoms with Crippen molar-refractivity contribution in [3.05, 3.63) is 0 Å². The summed E-state index contributed by atoms with van der Waals surface area (Å²) < 4.78 is 0. The van der Waals surface area contributed by atoms with Crippen molar-refractivity contribution in [1.82, 2.24) is 10.2 Å². The van der Waals surface area contributed by atoms with Crippen LogP contribution >= 0.6 is 0 Å². The Bertz CT molecular complexity index is 377. The molecule has 0 saturated carbocycles.